The molecule has 5 heteroatoms. The lowest BCUT2D eigenvalue weighted by atomic mass is 10.0. The van der Waals surface area contributed by atoms with Crippen molar-refractivity contribution in [1.82, 2.24) is 0 Å². The van der Waals surface area contributed by atoms with E-state index >= 15 is 0 Å². The third-order valence-corrected chi connectivity index (χ3v) is 3.19. The molecule has 4 nitrogen and oxygen atoms in total. The standard InChI is InChI=1S/C18H29FN2O2/c1-12(2)7-8-13(3)20-14-9-10-15(19)16(11-14)21-17(22)23-18(4,5)6/h9-13,20H,7-8H2,1-6H3,(H,21,22). The summed E-state index contributed by atoms with van der Waals surface area (Å²) in [5.41, 5.74) is 0.260. The quantitative estimate of drug-likeness (QED) is 0.735. The Morgan fingerprint density at radius 3 is 2.43 bits per heavy atom. The molecular formula is C18H29FN2O2. The SMILES string of the molecule is CC(C)CCC(C)Nc1ccc(F)c(NC(=O)OC(C)(C)C)c1. The smallest absolute Gasteiger partial charge is 0.412 e. The van der Waals surface area contributed by atoms with Crippen LogP contribution in [0.3, 0.4) is 0 Å². The summed E-state index contributed by atoms with van der Waals surface area (Å²) in [6.45, 7) is 11.7. The average Bonchev–Trinajstić information content (AvgIpc) is 2.38. The van der Waals surface area contributed by atoms with Crippen molar-refractivity contribution in [2.24, 2.45) is 5.92 Å². The maximum absolute atomic E-state index is 13.9. The third-order valence-electron chi connectivity index (χ3n) is 3.19. The normalized spacial score (nSPS) is 12.9. The lowest BCUT2D eigenvalue weighted by molar-refractivity contribution is 0.0635. The first-order valence-corrected chi connectivity index (χ1v) is 8.13. The number of amides is 1. The topological polar surface area (TPSA) is 50.4 Å². The Kier molecular flexibility index (Phi) is 6.85. The number of rotatable bonds is 6. The predicted molar refractivity (Wildman–Crippen MR) is 93.4 cm³/mol. The highest BCUT2D eigenvalue weighted by Crippen LogP contribution is 2.22. The molecule has 1 aromatic rings. The zero-order chi connectivity index (χ0) is 17.6. The first-order valence-electron chi connectivity index (χ1n) is 8.13. The van der Waals surface area contributed by atoms with E-state index in [2.05, 4.69) is 31.4 Å². The van der Waals surface area contributed by atoms with Gasteiger partial charge in [0.15, 0.2) is 0 Å². The van der Waals surface area contributed by atoms with Crippen LogP contribution in [-0.2, 0) is 4.74 Å². The molecule has 0 aliphatic carbocycles. The Balaban J connectivity index is 2.70. The molecular weight excluding hydrogens is 295 g/mol. The molecule has 130 valence electrons. The van der Waals surface area contributed by atoms with Gasteiger partial charge in [-0.15, -0.1) is 0 Å². The number of ether oxygens (including phenoxy) is 1. The third kappa shape index (κ3) is 7.86. The fraction of sp³-hybridized carbons (Fsp3) is 0.611. The molecule has 0 aromatic heterocycles. The van der Waals surface area contributed by atoms with Crippen LogP contribution in [0.4, 0.5) is 20.6 Å². The van der Waals surface area contributed by atoms with Crippen molar-refractivity contribution in [3.8, 4) is 0 Å². The maximum Gasteiger partial charge on any atom is 0.412 e. The van der Waals surface area contributed by atoms with Gasteiger partial charge in [-0.05, 0) is 64.7 Å². The minimum Gasteiger partial charge on any atom is -0.444 e. The molecule has 1 atom stereocenters. The number of hydrogen-bond acceptors (Lipinski definition) is 3. The van der Waals surface area contributed by atoms with Crippen molar-refractivity contribution >= 4 is 17.5 Å². The van der Waals surface area contributed by atoms with Gasteiger partial charge in [0.2, 0.25) is 0 Å². The van der Waals surface area contributed by atoms with Gasteiger partial charge in [-0.3, -0.25) is 5.32 Å². The number of carbonyl (C=O) groups excluding carboxylic acids is 1. The predicted octanol–water partition coefficient (Wildman–Crippen LogP) is 5.41. The van der Waals surface area contributed by atoms with Gasteiger partial charge in [-0.25, -0.2) is 9.18 Å². The van der Waals surface area contributed by atoms with Crippen LogP contribution in [0, 0.1) is 11.7 Å². The Labute approximate surface area is 138 Å². The summed E-state index contributed by atoms with van der Waals surface area (Å²) >= 11 is 0. The summed E-state index contributed by atoms with van der Waals surface area (Å²) in [6, 6.07) is 4.87. The molecule has 0 fully saturated rings. The Bertz CT molecular complexity index is 524. The first kappa shape index (κ1) is 19.3. The molecule has 1 amide bonds. The summed E-state index contributed by atoms with van der Waals surface area (Å²) < 4.78 is 19.0. The van der Waals surface area contributed by atoms with Crippen LogP contribution < -0.4 is 10.6 Å². The highest BCUT2D eigenvalue weighted by molar-refractivity contribution is 5.85. The summed E-state index contributed by atoms with van der Waals surface area (Å²) in [5.74, 6) is 0.160. The number of nitrogens with one attached hydrogen (secondary N) is 2. The molecule has 0 radical (unpaired) electrons. The van der Waals surface area contributed by atoms with Gasteiger partial charge in [0.25, 0.3) is 0 Å². The van der Waals surface area contributed by atoms with Crippen LogP contribution >= 0.6 is 0 Å². The van der Waals surface area contributed by atoms with E-state index in [0.717, 1.165) is 18.5 Å². The van der Waals surface area contributed by atoms with Gasteiger partial charge < -0.3 is 10.1 Å². The molecule has 0 aliphatic heterocycles. The van der Waals surface area contributed by atoms with Crippen LogP contribution in [0.1, 0.15) is 54.4 Å². The van der Waals surface area contributed by atoms with Crippen LogP contribution in [-0.4, -0.2) is 17.7 Å². The van der Waals surface area contributed by atoms with Crippen molar-refractivity contribution in [2.75, 3.05) is 10.6 Å². The van der Waals surface area contributed by atoms with Crippen molar-refractivity contribution < 1.29 is 13.9 Å². The van der Waals surface area contributed by atoms with Crippen molar-refractivity contribution in [3.63, 3.8) is 0 Å². The van der Waals surface area contributed by atoms with E-state index in [1.165, 1.54) is 6.07 Å². The van der Waals surface area contributed by atoms with Crippen molar-refractivity contribution in [1.29, 1.82) is 0 Å². The Hall–Kier alpha value is -1.78. The molecule has 0 spiro atoms. The molecule has 0 heterocycles. The van der Waals surface area contributed by atoms with Gasteiger partial charge in [-0.1, -0.05) is 13.8 Å². The molecule has 1 unspecified atom stereocenters. The van der Waals surface area contributed by atoms with Crippen LogP contribution in [0.25, 0.3) is 0 Å². The minimum atomic E-state index is -0.665. The van der Waals surface area contributed by atoms with E-state index in [-0.39, 0.29) is 11.7 Å². The fourth-order valence-corrected chi connectivity index (χ4v) is 2.06. The Morgan fingerprint density at radius 2 is 1.87 bits per heavy atom. The number of carbonyl (C=O) groups is 1. The molecule has 1 aromatic carbocycles. The molecule has 0 saturated carbocycles. The van der Waals surface area contributed by atoms with E-state index < -0.39 is 17.5 Å². The monoisotopic (exact) mass is 324 g/mol. The summed E-state index contributed by atoms with van der Waals surface area (Å²) in [5, 5.41) is 5.78. The summed E-state index contributed by atoms with van der Waals surface area (Å²) in [7, 11) is 0. The molecule has 1 rings (SSSR count). The molecule has 0 saturated heterocycles. The van der Waals surface area contributed by atoms with Gasteiger partial charge in [0.05, 0.1) is 5.69 Å². The number of halogens is 1. The van der Waals surface area contributed by atoms with Gasteiger partial charge in [0.1, 0.15) is 11.4 Å². The van der Waals surface area contributed by atoms with E-state index in [0.29, 0.717) is 5.92 Å². The van der Waals surface area contributed by atoms with Gasteiger partial charge in [-0.2, -0.15) is 0 Å². The van der Waals surface area contributed by atoms with E-state index in [9.17, 15) is 9.18 Å². The van der Waals surface area contributed by atoms with Crippen LogP contribution in [0.5, 0.6) is 0 Å². The largest absolute Gasteiger partial charge is 0.444 e. The van der Waals surface area contributed by atoms with Gasteiger partial charge >= 0.3 is 6.09 Å². The lowest BCUT2D eigenvalue weighted by Crippen LogP contribution is -2.27. The highest BCUT2D eigenvalue weighted by Gasteiger charge is 2.17. The highest BCUT2D eigenvalue weighted by atomic mass is 19.1. The molecule has 23 heavy (non-hydrogen) atoms. The number of anilines is 2. The van der Waals surface area contributed by atoms with E-state index in [4.69, 9.17) is 4.74 Å². The second-order valence-corrected chi connectivity index (χ2v) is 7.34. The first-order chi connectivity index (χ1) is 10.6. The Morgan fingerprint density at radius 1 is 1.22 bits per heavy atom. The fourth-order valence-electron chi connectivity index (χ4n) is 2.06. The zero-order valence-corrected chi connectivity index (χ0v) is 15.0. The zero-order valence-electron chi connectivity index (χ0n) is 15.0. The number of hydrogen-bond donors (Lipinski definition) is 2. The van der Waals surface area contributed by atoms with Crippen molar-refractivity contribution in [2.45, 2.75) is 66.0 Å². The second-order valence-electron chi connectivity index (χ2n) is 7.34. The van der Waals surface area contributed by atoms with Crippen molar-refractivity contribution in [3.05, 3.63) is 24.0 Å². The molecule has 0 bridgehead atoms. The van der Waals surface area contributed by atoms with E-state index in [1.807, 2.05) is 0 Å². The van der Waals surface area contributed by atoms with E-state index in [1.54, 1.807) is 32.9 Å². The minimum absolute atomic E-state index is 0.111. The summed E-state index contributed by atoms with van der Waals surface area (Å²) in [6.07, 6.45) is 1.49. The second kappa shape index (κ2) is 8.18. The average molecular weight is 324 g/mol. The maximum atomic E-state index is 13.9. The van der Waals surface area contributed by atoms with Gasteiger partial charge in [0, 0.05) is 11.7 Å². The lowest BCUT2D eigenvalue weighted by Gasteiger charge is -2.20. The van der Waals surface area contributed by atoms with Crippen LogP contribution in [0.2, 0.25) is 0 Å². The summed E-state index contributed by atoms with van der Waals surface area (Å²) in [4.78, 5) is 11.8. The number of benzene rings is 1. The van der Waals surface area contributed by atoms with Crippen LogP contribution in [0.15, 0.2) is 18.2 Å². The molecule has 0 aliphatic rings. The molecule has 2 N–H and O–H groups in total.